The van der Waals surface area contributed by atoms with Crippen LogP contribution >= 0.6 is 0 Å². The van der Waals surface area contributed by atoms with E-state index in [0.717, 1.165) is 30.8 Å². The maximum Gasteiger partial charge on any atom is 0.289 e. The Labute approximate surface area is 122 Å². The zero-order valence-electron chi connectivity index (χ0n) is 11.3. The zero-order valence-corrected chi connectivity index (χ0v) is 11.3. The summed E-state index contributed by atoms with van der Waals surface area (Å²) in [7, 11) is 0. The highest BCUT2D eigenvalue weighted by Gasteiger charge is 2.21. The molecule has 0 aliphatic carbocycles. The summed E-state index contributed by atoms with van der Waals surface area (Å²) < 4.78 is 0. The molecule has 2 aromatic rings. The standard InChI is InChI=1S/C16H13N3O2/c17-11-13-7-8-14(10-16(13)19(20)21)18-9-3-5-12-4-1-2-6-15(12)18/h1-2,4,6-8,10H,3,5,9H2. The van der Waals surface area contributed by atoms with Crippen molar-refractivity contribution in [2.24, 2.45) is 0 Å². The van der Waals surface area contributed by atoms with Gasteiger partial charge in [0.25, 0.3) is 5.69 Å². The first kappa shape index (κ1) is 13.1. The number of rotatable bonds is 2. The fraction of sp³-hybridized carbons (Fsp3) is 0.188. The van der Waals surface area contributed by atoms with Crippen LogP contribution in [0.15, 0.2) is 42.5 Å². The number of nitro benzene ring substituents is 1. The van der Waals surface area contributed by atoms with Crippen molar-refractivity contribution in [3.63, 3.8) is 0 Å². The van der Waals surface area contributed by atoms with Gasteiger partial charge >= 0.3 is 0 Å². The van der Waals surface area contributed by atoms with E-state index < -0.39 is 4.92 Å². The summed E-state index contributed by atoms with van der Waals surface area (Å²) >= 11 is 0. The molecule has 1 heterocycles. The predicted molar refractivity (Wildman–Crippen MR) is 79.6 cm³/mol. The molecule has 0 bridgehead atoms. The summed E-state index contributed by atoms with van der Waals surface area (Å²) in [6.07, 6.45) is 2.02. The molecule has 0 saturated heterocycles. The third-order valence-corrected chi connectivity index (χ3v) is 3.72. The summed E-state index contributed by atoms with van der Waals surface area (Å²) in [5, 5.41) is 20.1. The number of para-hydroxylation sites is 1. The second kappa shape index (κ2) is 5.25. The molecule has 104 valence electrons. The van der Waals surface area contributed by atoms with E-state index in [0.29, 0.717) is 0 Å². The van der Waals surface area contributed by atoms with Gasteiger partial charge in [0.1, 0.15) is 11.6 Å². The highest BCUT2D eigenvalue weighted by atomic mass is 16.6. The third-order valence-electron chi connectivity index (χ3n) is 3.72. The average Bonchev–Trinajstić information content (AvgIpc) is 2.53. The Balaban J connectivity index is 2.09. The van der Waals surface area contributed by atoms with E-state index in [2.05, 4.69) is 11.0 Å². The van der Waals surface area contributed by atoms with Crippen LogP contribution < -0.4 is 4.90 Å². The smallest absolute Gasteiger partial charge is 0.289 e. The SMILES string of the molecule is N#Cc1ccc(N2CCCc3ccccc32)cc1[N+](=O)[O-]. The lowest BCUT2D eigenvalue weighted by molar-refractivity contribution is -0.385. The Morgan fingerprint density at radius 3 is 2.81 bits per heavy atom. The maximum absolute atomic E-state index is 11.1. The lowest BCUT2D eigenvalue weighted by atomic mass is 10.0. The van der Waals surface area contributed by atoms with Crippen molar-refractivity contribution in [3.8, 4) is 6.07 Å². The molecule has 0 spiro atoms. The monoisotopic (exact) mass is 279 g/mol. The van der Waals surface area contributed by atoms with E-state index in [-0.39, 0.29) is 11.3 Å². The summed E-state index contributed by atoms with van der Waals surface area (Å²) in [6, 6.07) is 14.7. The topological polar surface area (TPSA) is 70.2 Å². The summed E-state index contributed by atoms with van der Waals surface area (Å²) in [4.78, 5) is 12.7. The first-order valence-electron chi connectivity index (χ1n) is 6.74. The number of anilines is 2. The first-order chi connectivity index (χ1) is 10.2. The van der Waals surface area contributed by atoms with E-state index in [9.17, 15) is 10.1 Å². The predicted octanol–water partition coefficient (Wildman–Crippen LogP) is 3.55. The molecular formula is C16H13N3O2. The third kappa shape index (κ3) is 2.32. The van der Waals surface area contributed by atoms with Crippen molar-refractivity contribution in [1.29, 1.82) is 5.26 Å². The summed E-state index contributed by atoms with van der Waals surface area (Å²) in [5.74, 6) is 0. The van der Waals surface area contributed by atoms with Crippen LogP contribution in [0.5, 0.6) is 0 Å². The zero-order chi connectivity index (χ0) is 14.8. The van der Waals surface area contributed by atoms with Gasteiger partial charge in [-0.2, -0.15) is 5.26 Å². The number of hydrogen-bond acceptors (Lipinski definition) is 4. The van der Waals surface area contributed by atoms with Gasteiger partial charge in [-0.05, 0) is 36.6 Å². The number of nitro groups is 1. The number of nitrogens with zero attached hydrogens (tertiary/aromatic N) is 3. The second-order valence-corrected chi connectivity index (χ2v) is 4.95. The second-order valence-electron chi connectivity index (χ2n) is 4.95. The number of nitriles is 1. The van der Waals surface area contributed by atoms with Crippen LogP contribution in [0.3, 0.4) is 0 Å². The molecule has 1 aliphatic heterocycles. The van der Waals surface area contributed by atoms with Crippen molar-refractivity contribution < 1.29 is 4.92 Å². The molecule has 0 atom stereocenters. The van der Waals surface area contributed by atoms with Crippen LogP contribution in [-0.4, -0.2) is 11.5 Å². The molecule has 1 aliphatic rings. The Hall–Kier alpha value is -2.87. The lowest BCUT2D eigenvalue weighted by Crippen LogP contribution is -2.24. The molecule has 5 nitrogen and oxygen atoms in total. The molecule has 0 unspecified atom stereocenters. The number of hydrogen-bond donors (Lipinski definition) is 0. The normalized spacial score (nSPS) is 13.4. The van der Waals surface area contributed by atoms with Crippen molar-refractivity contribution in [2.75, 3.05) is 11.4 Å². The summed E-state index contributed by atoms with van der Waals surface area (Å²) in [6.45, 7) is 0.820. The largest absolute Gasteiger partial charge is 0.341 e. The lowest BCUT2D eigenvalue weighted by Gasteiger charge is -2.31. The minimum Gasteiger partial charge on any atom is -0.341 e. The van der Waals surface area contributed by atoms with Crippen LogP contribution in [0, 0.1) is 21.4 Å². The Morgan fingerprint density at radius 2 is 2.05 bits per heavy atom. The molecular weight excluding hydrogens is 266 g/mol. The van der Waals surface area contributed by atoms with Crippen molar-refractivity contribution in [2.45, 2.75) is 12.8 Å². The minimum absolute atomic E-state index is 0.0917. The van der Waals surface area contributed by atoms with Gasteiger partial charge in [0.15, 0.2) is 0 Å². The van der Waals surface area contributed by atoms with Crippen LogP contribution in [0.4, 0.5) is 17.1 Å². The molecule has 3 rings (SSSR count). The average molecular weight is 279 g/mol. The number of aryl methyl sites for hydroxylation is 1. The molecule has 0 radical (unpaired) electrons. The molecule has 0 N–H and O–H groups in total. The van der Waals surface area contributed by atoms with E-state index >= 15 is 0 Å². The molecule has 2 aromatic carbocycles. The number of benzene rings is 2. The molecule has 0 aromatic heterocycles. The minimum atomic E-state index is -0.502. The quantitative estimate of drug-likeness (QED) is 0.622. The molecule has 0 amide bonds. The van der Waals surface area contributed by atoms with E-state index in [1.54, 1.807) is 6.07 Å². The van der Waals surface area contributed by atoms with E-state index in [1.165, 1.54) is 17.7 Å². The van der Waals surface area contributed by atoms with Gasteiger partial charge in [-0.3, -0.25) is 10.1 Å². The number of fused-ring (bicyclic) bond motifs is 1. The fourth-order valence-corrected chi connectivity index (χ4v) is 2.74. The van der Waals surface area contributed by atoms with Crippen LogP contribution in [0.2, 0.25) is 0 Å². The highest BCUT2D eigenvalue weighted by molar-refractivity contribution is 5.71. The van der Waals surface area contributed by atoms with Crippen LogP contribution in [0.1, 0.15) is 17.5 Å². The van der Waals surface area contributed by atoms with Gasteiger partial charge in [-0.15, -0.1) is 0 Å². The molecule has 21 heavy (non-hydrogen) atoms. The molecule has 0 saturated carbocycles. The molecule has 5 heteroatoms. The Morgan fingerprint density at radius 1 is 1.24 bits per heavy atom. The highest BCUT2D eigenvalue weighted by Crippen LogP contribution is 2.35. The van der Waals surface area contributed by atoms with Crippen molar-refractivity contribution in [3.05, 3.63) is 63.7 Å². The maximum atomic E-state index is 11.1. The van der Waals surface area contributed by atoms with Crippen molar-refractivity contribution in [1.82, 2.24) is 0 Å². The fourth-order valence-electron chi connectivity index (χ4n) is 2.74. The van der Waals surface area contributed by atoms with Gasteiger partial charge in [0.05, 0.1) is 4.92 Å². The van der Waals surface area contributed by atoms with E-state index in [1.807, 2.05) is 24.3 Å². The Kier molecular flexibility index (Phi) is 3.28. The van der Waals surface area contributed by atoms with Crippen molar-refractivity contribution >= 4 is 17.1 Å². The van der Waals surface area contributed by atoms with Crippen LogP contribution in [-0.2, 0) is 6.42 Å². The van der Waals surface area contributed by atoms with E-state index in [4.69, 9.17) is 5.26 Å². The van der Waals surface area contributed by atoms with Gasteiger partial charge in [0.2, 0.25) is 0 Å². The first-order valence-corrected chi connectivity index (χ1v) is 6.74. The Bertz CT molecular complexity index is 749. The van der Waals surface area contributed by atoms with Gasteiger partial charge in [0, 0.05) is 24.0 Å². The van der Waals surface area contributed by atoms with Gasteiger partial charge in [-0.1, -0.05) is 18.2 Å². The summed E-state index contributed by atoms with van der Waals surface area (Å²) in [5.41, 5.74) is 3.04. The van der Waals surface area contributed by atoms with Gasteiger partial charge < -0.3 is 4.90 Å². The van der Waals surface area contributed by atoms with Gasteiger partial charge in [-0.25, -0.2) is 0 Å². The molecule has 0 fully saturated rings. The van der Waals surface area contributed by atoms with Crippen LogP contribution in [0.25, 0.3) is 0 Å².